The number of hydrogen-bond acceptors (Lipinski definition) is 4. The molecule has 0 radical (unpaired) electrons. The lowest BCUT2D eigenvalue weighted by molar-refractivity contribution is -0.122. The van der Waals surface area contributed by atoms with Gasteiger partial charge in [0, 0.05) is 18.9 Å². The predicted octanol–water partition coefficient (Wildman–Crippen LogP) is 0.478. The van der Waals surface area contributed by atoms with Gasteiger partial charge in [-0.2, -0.15) is 0 Å². The van der Waals surface area contributed by atoms with Crippen molar-refractivity contribution in [2.24, 2.45) is 11.8 Å². The molecule has 2 N–H and O–H groups in total. The lowest BCUT2D eigenvalue weighted by Crippen LogP contribution is -2.37. The highest BCUT2D eigenvalue weighted by Gasteiger charge is 2.30. The summed E-state index contributed by atoms with van der Waals surface area (Å²) >= 11 is 0. The molecule has 1 saturated carbocycles. The monoisotopic (exact) mass is 289 g/mol. The molecule has 3 atom stereocenters. The number of hydrogen-bond donors (Lipinski definition) is 2. The maximum absolute atomic E-state index is 11.8. The molecule has 3 unspecified atom stereocenters. The van der Waals surface area contributed by atoms with Gasteiger partial charge in [0.1, 0.15) is 0 Å². The number of sulfone groups is 1. The van der Waals surface area contributed by atoms with Crippen LogP contribution in [0, 0.1) is 11.8 Å². The lowest BCUT2D eigenvalue weighted by Gasteiger charge is -2.27. The molecular weight excluding hydrogens is 266 g/mol. The molecule has 5 nitrogen and oxygen atoms in total. The Morgan fingerprint density at radius 3 is 2.58 bits per heavy atom. The van der Waals surface area contributed by atoms with Crippen molar-refractivity contribution in [3.63, 3.8) is 0 Å². The summed E-state index contributed by atoms with van der Waals surface area (Å²) < 4.78 is 22.6. The van der Waals surface area contributed by atoms with Gasteiger partial charge in [-0.15, -0.1) is 0 Å². The Morgan fingerprint density at radius 1 is 1.21 bits per heavy atom. The van der Waals surface area contributed by atoms with Crippen LogP contribution >= 0.6 is 0 Å². The molecule has 1 aliphatic carbocycles. The van der Waals surface area contributed by atoms with E-state index in [9.17, 15) is 18.3 Å². The van der Waals surface area contributed by atoms with Gasteiger partial charge in [0.05, 0.1) is 17.6 Å². The predicted molar refractivity (Wildman–Crippen MR) is 72.4 cm³/mol. The van der Waals surface area contributed by atoms with E-state index < -0.39 is 9.84 Å². The fourth-order valence-electron chi connectivity index (χ4n) is 3.04. The van der Waals surface area contributed by atoms with Crippen molar-refractivity contribution >= 4 is 15.7 Å². The first-order valence-corrected chi connectivity index (χ1v) is 8.93. The Labute approximate surface area is 114 Å². The number of aliphatic hydroxyl groups is 1. The van der Waals surface area contributed by atoms with Crippen molar-refractivity contribution in [3.8, 4) is 0 Å². The van der Waals surface area contributed by atoms with Crippen molar-refractivity contribution in [2.45, 2.75) is 44.6 Å². The summed E-state index contributed by atoms with van der Waals surface area (Å²) in [5.74, 6) is 0.407. The highest BCUT2D eigenvalue weighted by Crippen LogP contribution is 2.24. The fourth-order valence-corrected chi connectivity index (χ4v) is 4.90. The molecule has 2 aliphatic rings. The minimum Gasteiger partial charge on any atom is -0.393 e. The number of carbonyl (C=O) groups excluding carboxylic acids is 1. The van der Waals surface area contributed by atoms with Crippen LogP contribution in [0.5, 0.6) is 0 Å². The normalized spacial score (nSPS) is 34.1. The zero-order chi connectivity index (χ0) is 13.9. The molecule has 6 heteroatoms. The van der Waals surface area contributed by atoms with Gasteiger partial charge in [-0.05, 0) is 25.2 Å². The summed E-state index contributed by atoms with van der Waals surface area (Å²) in [6, 6.07) is 0. The Kier molecular flexibility index (Phi) is 4.84. The second-order valence-corrected chi connectivity index (χ2v) is 8.12. The second kappa shape index (κ2) is 6.22. The number of aliphatic hydroxyl groups excluding tert-OH is 1. The minimum absolute atomic E-state index is 0.0266. The number of amides is 1. The molecule has 2 fully saturated rings. The molecule has 1 aliphatic heterocycles. The van der Waals surface area contributed by atoms with Crippen LogP contribution in [0.3, 0.4) is 0 Å². The van der Waals surface area contributed by atoms with Crippen molar-refractivity contribution in [3.05, 3.63) is 0 Å². The van der Waals surface area contributed by atoms with Crippen molar-refractivity contribution < 1.29 is 18.3 Å². The van der Waals surface area contributed by atoms with Crippen LogP contribution in [-0.2, 0) is 14.6 Å². The molecule has 0 spiro atoms. The smallest absolute Gasteiger partial charge is 0.220 e. The summed E-state index contributed by atoms with van der Waals surface area (Å²) in [7, 11) is -2.91. The maximum atomic E-state index is 11.8. The van der Waals surface area contributed by atoms with Gasteiger partial charge in [-0.25, -0.2) is 8.42 Å². The zero-order valence-corrected chi connectivity index (χ0v) is 12.0. The van der Waals surface area contributed by atoms with Crippen LogP contribution < -0.4 is 5.32 Å². The molecule has 0 aromatic rings. The van der Waals surface area contributed by atoms with E-state index >= 15 is 0 Å². The van der Waals surface area contributed by atoms with Crippen molar-refractivity contribution in [2.75, 3.05) is 18.1 Å². The van der Waals surface area contributed by atoms with E-state index in [-0.39, 0.29) is 35.4 Å². The lowest BCUT2D eigenvalue weighted by atomic mass is 9.86. The van der Waals surface area contributed by atoms with Crippen LogP contribution in [0.1, 0.15) is 38.5 Å². The van der Waals surface area contributed by atoms with E-state index in [1.165, 1.54) is 0 Å². The largest absolute Gasteiger partial charge is 0.393 e. The standard InChI is InChI=1S/C13H23NO4S/c15-12-4-2-1-3-11(12)8-14-13(16)7-10-5-6-19(17,18)9-10/h10-12,15H,1-9H2,(H,14,16). The average Bonchev–Trinajstić information content (AvgIpc) is 2.67. The van der Waals surface area contributed by atoms with E-state index in [0.29, 0.717) is 19.4 Å². The highest BCUT2D eigenvalue weighted by molar-refractivity contribution is 7.91. The maximum Gasteiger partial charge on any atom is 0.220 e. The van der Waals surface area contributed by atoms with Crippen LogP contribution in [0.25, 0.3) is 0 Å². The van der Waals surface area contributed by atoms with Gasteiger partial charge < -0.3 is 10.4 Å². The number of carbonyl (C=O) groups is 1. The first kappa shape index (κ1) is 14.8. The van der Waals surface area contributed by atoms with Gasteiger partial charge in [0.25, 0.3) is 0 Å². The Balaban J connectivity index is 1.70. The summed E-state index contributed by atoms with van der Waals surface area (Å²) in [5, 5.41) is 12.6. The molecule has 0 bridgehead atoms. The Morgan fingerprint density at radius 2 is 1.95 bits per heavy atom. The van der Waals surface area contributed by atoms with Crippen LogP contribution in [0.4, 0.5) is 0 Å². The summed E-state index contributed by atoms with van der Waals surface area (Å²) in [6.45, 7) is 0.513. The third kappa shape index (κ3) is 4.45. The number of rotatable bonds is 4. The van der Waals surface area contributed by atoms with Gasteiger partial charge in [0.2, 0.25) is 5.91 Å². The van der Waals surface area contributed by atoms with E-state index in [4.69, 9.17) is 0 Å². The van der Waals surface area contributed by atoms with Crippen LogP contribution in [0.15, 0.2) is 0 Å². The van der Waals surface area contributed by atoms with Crippen molar-refractivity contribution in [1.29, 1.82) is 0 Å². The third-order valence-corrected chi connectivity index (χ3v) is 6.07. The van der Waals surface area contributed by atoms with Crippen molar-refractivity contribution in [1.82, 2.24) is 5.32 Å². The Bertz CT molecular complexity index is 420. The van der Waals surface area contributed by atoms with E-state index in [1.807, 2.05) is 0 Å². The molecule has 19 heavy (non-hydrogen) atoms. The molecule has 0 aromatic heterocycles. The molecule has 2 rings (SSSR count). The second-order valence-electron chi connectivity index (χ2n) is 5.89. The molecular formula is C13H23NO4S. The first-order chi connectivity index (χ1) is 8.96. The van der Waals surface area contributed by atoms with E-state index in [2.05, 4.69) is 5.32 Å². The Hall–Kier alpha value is -0.620. The van der Waals surface area contributed by atoms with Crippen LogP contribution in [-0.4, -0.2) is 43.6 Å². The zero-order valence-electron chi connectivity index (χ0n) is 11.2. The topological polar surface area (TPSA) is 83.5 Å². The van der Waals surface area contributed by atoms with Gasteiger partial charge in [-0.1, -0.05) is 12.8 Å². The molecule has 1 saturated heterocycles. The fraction of sp³-hybridized carbons (Fsp3) is 0.923. The molecule has 1 heterocycles. The van der Waals surface area contributed by atoms with E-state index in [1.54, 1.807) is 0 Å². The average molecular weight is 289 g/mol. The van der Waals surface area contributed by atoms with E-state index in [0.717, 1.165) is 25.7 Å². The van der Waals surface area contributed by atoms with Gasteiger partial charge in [0.15, 0.2) is 9.84 Å². The third-order valence-electron chi connectivity index (χ3n) is 4.23. The molecule has 0 aromatic carbocycles. The summed E-state index contributed by atoms with van der Waals surface area (Å²) in [4.78, 5) is 11.8. The van der Waals surface area contributed by atoms with Gasteiger partial charge >= 0.3 is 0 Å². The SMILES string of the molecule is O=C(CC1CCS(=O)(=O)C1)NCC1CCCCC1O. The number of nitrogens with one attached hydrogen (secondary N) is 1. The quantitative estimate of drug-likeness (QED) is 0.788. The highest BCUT2D eigenvalue weighted by atomic mass is 32.2. The minimum atomic E-state index is -2.91. The summed E-state index contributed by atoms with van der Waals surface area (Å²) in [5.41, 5.74) is 0. The molecule has 110 valence electrons. The molecule has 1 amide bonds. The van der Waals surface area contributed by atoms with Crippen LogP contribution in [0.2, 0.25) is 0 Å². The summed E-state index contributed by atoms with van der Waals surface area (Å²) in [6.07, 6.45) is 4.54. The van der Waals surface area contributed by atoms with Gasteiger partial charge in [-0.3, -0.25) is 4.79 Å². The first-order valence-electron chi connectivity index (χ1n) is 7.11.